The minimum Gasteiger partial charge on any atom is -0.507 e. The molecule has 0 spiro atoms. The minimum atomic E-state index is -0.503. The molecule has 2 amide bonds. The molecule has 0 saturated heterocycles. The van der Waals surface area contributed by atoms with Gasteiger partial charge in [0.2, 0.25) is 0 Å². The molecule has 3 rings (SSSR count). The fraction of sp³-hybridized carbons (Fsp3) is 0.286. The van der Waals surface area contributed by atoms with Gasteiger partial charge in [0.15, 0.2) is 0 Å². The Morgan fingerprint density at radius 2 is 0.971 bits per heavy atom. The lowest BCUT2D eigenvalue weighted by atomic mass is 9.86. The summed E-state index contributed by atoms with van der Waals surface area (Å²) in [6.07, 6.45) is 0. The summed E-state index contributed by atoms with van der Waals surface area (Å²) >= 11 is 0. The number of phenolic OH excluding ortho intramolecular Hbond substituents is 2. The topological polar surface area (TPSA) is 98.7 Å². The second-order valence-corrected chi connectivity index (χ2v) is 10.4. The van der Waals surface area contributed by atoms with Crippen LogP contribution in [0.2, 0.25) is 0 Å². The Bertz CT molecular complexity index is 1140. The second kappa shape index (κ2) is 9.21. The summed E-state index contributed by atoms with van der Waals surface area (Å²) in [5, 5.41) is 26.3. The molecule has 0 heterocycles. The Hall–Kier alpha value is -3.80. The van der Waals surface area contributed by atoms with Gasteiger partial charge >= 0.3 is 0 Å². The number of para-hydroxylation sites is 2. The van der Waals surface area contributed by atoms with Crippen molar-refractivity contribution >= 4 is 23.2 Å². The SMILES string of the molecule is CC(C)(C)c1ccc(C(=O)Nc2ccccc2NC(=O)c2ccc(C(C)(C)C)cc2O)c(O)c1. The third kappa shape index (κ3) is 5.57. The molecule has 0 unspecified atom stereocenters. The number of anilines is 2. The first-order valence-corrected chi connectivity index (χ1v) is 11.2. The average molecular weight is 461 g/mol. The van der Waals surface area contributed by atoms with Crippen molar-refractivity contribution in [2.24, 2.45) is 0 Å². The number of aromatic hydroxyl groups is 2. The van der Waals surface area contributed by atoms with Crippen LogP contribution in [0.1, 0.15) is 73.4 Å². The number of benzene rings is 3. The predicted octanol–water partition coefficient (Wildman–Crippen LogP) is 6.20. The Kier molecular flexibility index (Phi) is 6.73. The van der Waals surface area contributed by atoms with E-state index in [1.807, 2.05) is 53.7 Å². The fourth-order valence-electron chi connectivity index (χ4n) is 3.46. The number of nitrogens with one attached hydrogen (secondary N) is 2. The molecule has 34 heavy (non-hydrogen) atoms. The molecule has 6 heteroatoms. The van der Waals surface area contributed by atoms with Gasteiger partial charge in [0, 0.05) is 0 Å². The zero-order valence-electron chi connectivity index (χ0n) is 20.5. The number of hydrogen-bond donors (Lipinski definition) is 4. The zero-order chi connectivity index (χ0) is 25.3. The maximum absolute atomic E-state index is 12.9. The Labute approximate surface area is 200 Å². The molecular formula is C28H32N2O4. The quantitative estimate of drug-likeness (QED) is 0.373. The highest BCUT2D eigenvalue weighted by molar-refractivity contribution is 6.11. The van der Waals surface area contributed by atoms with Crippen LogP contribution >= 0.6 is 0 Å². The monoisotopic (exact) mass is 460 g/mol. The van der Waals surface area contributed by atoms with Crippen molar-refractivity contribution < 1.29 is 19.8 Å². The number of carbonyl (C=O) groups excluding carboxylic acids is 2. The van der Waals surface area contributed by atoms with E-state index in [0.717, 1.165) is 11.1 Å². The van der Waals surface area contributed by atoms with E-state index in [-0.39, 0.29) is 33.5 Å². The third-order valence-electron chi connectivity index (χ3n) is 5.64. The summed E-state index contributed by atoms with van der Waals surface area (Å²) in [6, 6.07) is 16.7. The van der Waals surface area contributed by atoms with Crippen LogP contribution in [0.3, 0.4) is 0 Å². The highest BCUT2D eigenvalue weighted by atomic mass is 16.3. The molecule has 0 saturated carbocycles. The smallest absolute Gasteiger partial charge is 0.259 e. The van der Waals surface area contributed by atoms with Crippen molar-refractivity contribution in [3.8, 4) is 11.5 Å². The molecule has 0 aromatic heterocycles. The summed E-state index contributed by atoms with van der Waals surface area (Å²) in [5.74, 6) is -1.24. The molecular weight excluding hydrogens is 428 g/mol. The molecule has 0 aliphatic carbocycles. The molecule has 3 aromatic carbocycles. The number of amides is 2. The first kappa shape index (κ1) is 24.8. The zero-order valence-corrected chi connectivity index (χ0v) is 20.5. The van der Waals surface area contributed by atoms with E-state index in [0.29, 0.717) is 11.4 Å². The van der Waals surface area contributed by atoms with Gasteiger partial charge in [-0.2, -0.15) is 0 Å². The maximum atomic E-state index is 12.9. The van der Waals surface area contributed by atoms with Crippen LogP contribution in [0.4, 0.5) is 11.4 Å². The van der Waals surface area contributed by atoms with Gasteiger partial charge in [-0.25, -0.2) is 0 Å². The van der Waals surface area contributed by atoms with Crippen molar-refractivity contribution in [2.75, 3.05) is 10.6 Å². The van der Waals surface area contributed by atoms with E-state index in [4.69, 9.17) is 0 Å². The maximum Gasteiger partial charge on any atom is 0.259 e. The van der Waals surface area contributed by atoms with Crippen LogP contribution < -0.4 is 10.6 Å². The van der Waals surface area contributed by atoms with Crippen molar-refractivity contribution in [3.05, 3.63) is 82.9 Å². The molecule has 6 nitrogen and oxygen atoms in total. The normalized spacial score (nSPS) is 11.7. The molecule has 0 aliphatic heterocycles. The minimum absolute atomic E-state index is 0.115. The van der Waals surface area contributed by atoms with Gasteiger partial charge in [0.25, 0.3) is 11.8 Å². The van der Waals surface area contributed by atoms with Crippen molar-refractivity contribution in [1.82, 2.24) is 0 Å². The van der Waals surface area contributed by atoms with E-state index < -0.39 is 11.8 Å². The van der Waals surface area contributed by atoms with Crippen LogP contribution in [-0.4, -0.2) is 22.0 Å². The summed E-state index contributed by atoms with van der Waals surface area (Å²) in [4.78, 5) is 25.7. The molecule has 3 aromatic rings. The van der Waals surface area contributed by atoms with Crippen LogP contribution in [0.25, 0.3) is 0 Å². The molecule has 0 fully saturated rings. The number of phenols is 2. The summed E-state index contributed by atoms with van der Waals surface area (Å²) < 4.78 is 0. The van der Waals surface area contributed by atoms with Crippen molar-refractivity contribution in [2.45, 2.75) is 52.4 Å². The number of hydrogen-bond acceptors (Lipinski definition) is 4. The Balaban J connectivity index is 1.82. The standard InChI is InChI=1S/C28H32N2O4/c1-27(2,3)17-11-13-19(23(31)15-17)25(33)29-21-9-7-8-10-22(21)30-26(34)20-14-12-18(16-24(20)32)28(4,5)6/h7-16,31-32H,1-6H3,(H,29,33)(H,30,34). The van der Waals surface area contributed by atoms with Crippen LogP contribution in [0, 0.1) is 0 Å². The average Bonchev–Trinajstić information content (AvgIpc) is 2.73. The highest BCUT2D eigenvalue weighted by Gasteiger charge is 2.21. The summed E-state index contributed by atoms with van der Waals surface area (Å²) in [7, 11) is 0. The fourth-order valence-corrected chi connectivity index (χ4v) is 3.46. The van der Waals surface area contributed by atoms with Gasteiger partial charge in [-0.05, 0) is 58.4 Å². The lowest BCUT2D eigenvalue weighted by Crippen LogP contribution is -2.18. The van der Waals surface area contributed by atoms with E-state index >= 15 is 0 Å². The largest absolute Gasteiger partial charge is 0.507 e. The molecule has 0 aliphatic rings. The van der Waals surface area contributed by atoms with E-state index in [1.54, 1.807) is 48.5 Å². The van der Waals surface area contributed by atoms with Gasteiger partial charge in [-0.15, -0.1) is 0 Å². The lowest BCUT2D eigenvalue weighted by Gasteiger charge is -2.20. The number of carbonyl (C=O) groups is 2. The van der Waals surface area contributed by atoms with Crippen LogP contribution in [0.15, 0.2) is 60.7 Å². The molecule has 178 valence electrons. The van der Waals surface area contributed by atoms with Gasteiger partial charge in [0.05, 0.1) is 22.5 Å². The second-order valence-electron chi connectivity index (χ2n) is 10.4. The number of rotatable bonds is 4. The van der Waals surface area contributed by atoms with Crippen LogP contribution in [0.5, 0.6) is 11.5 Å². The molecule has 0 bridgehead atoms. The van der Waals surface area contributed by atoms with E-state index in [9.17, 15) is 19.8 Å². The van der Waals surface area contributed by atoms with Gasteiger partial charge in [0.1, 0.15) is 11.5 Å². The Morgan fingerprint density at radius 3 is 1.26 bits per heavy atom. The van der Waals surface area contributed by atoms with Gasteiger partial charge in [-0.3, -0.25) is 9.59 Å². The highest BCUT2D eigenvalue weighted by Crippen LogP contribution is 2.31. The van der Waals surface area contributed by atoms with E-state index in [2.05, 4.69) is 10.6 Å². The summed E-state index contributed by atoms with van der Waals surface area (Å²) in [5.41, 5.74) is 2.48. The van der Waals surface area contributed by atoms with Gasteiger partial charge in [-0.1, -0.05) is 65.8 Å². The first-order chi connectivity index (χ1) is 15.8. The first-order valence-electron chi connectivity index (χ1n) is 11.2. The Morgan fingerprint density at radius 1 is 0.618 bits per heavy atom. The molecule has 0 radical (unpaired) electrons. The molecule has 4 N–H and O–H groups in total. The van der Waals surface area contributed by atoms with Crippen LogP contribution in [-0.2, 0) is 10.8 Å². The van der Waals surface area contributed by atoms with Crippen molar-refractivity contribution in [3.63, 3.8) is 0 Å². The van der Waals surface area contributed by atoms with Gasteiger partial charge < -0.3 is 20.8 Å². The summed E-state index contributed by atoms with van der Waals surface area (Å²) in [6.45, 7) is 12.1. The molecule has 0 atom stereocenters. The third-order valence-corrected chi connectivity index (χ3v) is 5.64. The van der Waals surface area contributed by atoms with Crippen molar-refractivity contribution in [1.29, 1.82) is 0 Å². The predicted molar refractivity (Wildman–Crippen MR) is 136 cm³/mol. The lowest BCUT2D eigenvalue weighted by molar-refractivity contribution is 0.101. The van der Waals surface area contributed by atoms with E-state index in [1.165, 1.54) is 0 Å².